The lowest BCUT2D eigenvalue weighted by Crippen LogP contribution is -2.32. The number of H-pyrrole nitrogens is 1. The number of aromatic nitrogens is 6. The molecule has 6 rings (SSSR count). The van der Waals surface area contributed by atoms with Crippen molar-refractivity contribution in [2.24, 2.45) is 0 Å². The minimum absolute atomic E-state index is 0.0337. The summed E-state index contributed by atoms with van der Waals surface area (Å²) < 4.78 is 1.63. The second-order valence-electron chi connectivity index (χ2n) is 7.59. The van der Waals surface area contributed by atoms with Gasteiger partial charge in [0.15, 0.2) is 0 Å². The van der Waals surface area contributed by atoms with Crippen LogP contribution >= 0.6 is 11.3 Å². The molecule has 0 radical (unpaired) electrons. The second-order valence-corrected chi connectivity index (χ2v) is 8.67. The molecular weight excluding hydrogens is 386 g/mol. The smallest absolute Gasteiger partial charge is 0.257 e. The van der Waals surface area contributed by atoms with Crippen LogP contribution in [0.2, 0.25) is 0 Å². The van der Waals surface area contributed by atoms with Gasteiger partial charge in [0, 0.05) is 11.4 Å². The first-order valence-electron chi connectivity index (χ1n) is 9.93. The van der Waals surface area contributed by atoms with E-state index < -0.39 is 0 Å². The summed E-state index contributed by atoms with van der Waals surface area (Å²) in [6, 6.07) is 7.97. The first-order chi connectivity index (χ1) is 14.3. The maximum Gasteiger partial charge on any atom is 0.257 e. The minimum Gasteiger partial charge on any atom is -0.340 e. The van der Waals surface area contributed by atoms with E-state index in [2.05, 4.69) is 20.5 Å². The van der Waals surface area contributed by atoms with Crippen LogP contribution in [0.4, 0.5) is 0 Å². The van der Waals surface area contributed by atoms with E-state index in [9.17, 15) is 4.79 Å². The van der Waals surface area contributed by atoms with Crippen molar-refractivity contribution in [2.45, 2.75) is 38.1 Å². The lowest BCUT2D eigenvalue weighted by Gasteiger charge is -2.24. The quantitative estimate of drug-likeness (QED) is 0.565. The summed E-state index contributed by atoms with van der Waals surface area (Å²) in [5, 5.41) is 12.4. The summed E-state index contributed by atoms with van der Waals surface area (Å²) in [4.78, 5) is 25.3. The van der Waals surface area contributed by atoms with Gasteiger partial charge in [0.2, 0.25) is 0 Å². The van der Waals surface area contributed by atoms with Gasteiger partial charge in [-0.1, -0.05) is 12.1 Å². The van der Waals surface area contributed by atoms with Crippen molar-refractivity contribution in [3.63, 3.8) is 0 Å². The molecule has 0 spiro atoms. The van der Waals surface area contributed by atoms with Crippen molar-refractivity contribution < 1.29 is 4.79 Å². The van der Waals surface area contributed by atoms with E-state index in [1.807, 2.05) is 29.2 Å². The molecule has 0 saturated carbocycles. The average Bonchev–Trinajstić information content (AvgIpc) is 3.54. The number of hydrogen-bond acceptors (Lipinski definition) is 6. The molecule has 3 aromatic heterocycles. The number of nitrogens with one attached hydrogen (secondary N) is 1. The minimum atomic E-state index is -0.0337. The van der Waals surface area contributed by atoms with Crippen molar-refractivity contribution in [2.75, 3.05) is 6.54 Å². The molecule has 1 amide bonds. The summed E-state index contributed by atoms with van der Waals surface area (Å²) in [5.74, 6) is 0.936. The van der Waals surface area contributed by atoms with E-state index in [4.69, 9.17) is 4.98 Å². The monoisotopic (exact) mass is 405 g/mol. The highest BCUT2D eigenvalue weighted by Crippen LogP contribution is 2.40. The van der Waals surface area contributed by atoms with Gasteiger partial charge in [-0.15, -0.1) is 16.4 Å². The van der Waals surface area contributed by atoms with Crippen LogP contribution in [0.25, 0.3) is 16.0 Å². The molecule has 4 heterocycles. The summed E-state index contributed by atoms with van der Waals surface area (Å²) in [6.07, 6.45) is 6.52. The Kier molecular flexibility index (Phi) is 3.77. The Balaban J connectivity index is 1.41. The van der Waals surface area contributed by atoms with Gasteiger partial charge < -0.3 is 9.88 Å². The zero-order valence-electron chi connectivity index (χ0n) is 15.7. The van der Waals surface area contributed by atoms with Crippen LogP contribution in [-0.2, 0) is 12.8 Å². The number of likely N-dealkylation sites (tertiary alicyclic amines) is 1. The first kappa shape index (κ1) is 16.8. The van der Waals surface area contributed by atoms with Crippen molar-refractivity contribution in [3.8, 4) is 5.00 Å². The molecule has 1 aromatic carbocycles. The Hall–Kier alpha value is -3.07. The maximum absolute atomic E-state index is 13.8. The molecule has 146 valence electrons. The Morgan fingerprint density at radius 3 is 3.00 bits per heavy atom. The lowest BCUT2D eigenvalue weighted by molar-refractivity contribution is 0.0730. The van der Waals surface area contributed by atoms with Crippen molar-refractivity contribution in [1.29, 1.82) is 0 Å². The third-order valence-electron chi connectivity index (χ3n) is 5.91. The summed E-state index contributed by atoms with van der Waals surface area (Å²) >= 11 is 1.64. The molecule has 1 aliphatic heterocycles. The highest BCUT2D eigenvalue weighted by atomic mass is 32.1. The number of rotatable bonds is 3. The lowest BCUT2D eigenvalue weighted by atomic mass is 10.1. The van der Waals surface area contributed by atoms with Crippen LogP contribution in [0.3, 0.4) is 0 Å². The number of hydrogen-bond donors (Lipinski definition) is 1. The zero-order valence-corrected chi connectivity index (χ0v) is 16.5. The molecule has 2 aliphatic rings. The van der Waals surface area contributed by atoms with Gasteiger partial charge in [0.05, 0.1) is 22.6 Å². The predicted octanol–water partition coefficient (Wildman–Crippen LogP) is 3.07. The number of thiophene rings is 1. The van der Waals surface area contributed by atoms with Gasteiger partial charge in [-0.25, -0.2) is 4.98 Å². The van der Waals surface area contributed by atoms with Crippen LogP contribution in [0, 0.1) is 0 Å². The fraction of sp³-hybridized carbons (Fsp3) is 0.350. The maximum atomic E-state index is 13.8. The number of amides is 1. The molecule has 9 heteroatoms. The van der Waals surface area contributed by atoms with Crippen LogP contribution in [0.5, 0.6) is 0 Å². The Bertz CT molecular complexity index is 1180. The number of tetrazole rings is 1. The van der Waals surface area contributed by atoms with E-state index in [0.29, 0.717) is 0 Å². The van der Waals surface area contributed by atoms with Gasteiger partial charge in [-0.3, -0.25) is 4.79 Å². The van der Waals surface area contributed by atoms with Crippen molar-refractivity contribution in [1.82, 2.24) is 35.1 Å². The number of carbonyl (C=O) groups is 1. The van der Waals surface area contributed by atoms with Crippen LogP contribution < -0.4 is 0 Å². The number of imidazole rings is 1. The van der Waals surface area contributed by atoms with Crippen LogP contribution in [0.1, 0.15) is 51.9 Å². The molecule has 1 N–H and O–H groups in total. The Morgan fingerprint density at radius 1 is 1.21 bits per heavy atom. The van der Waals surface area contributed by atoms with Crippen molar-refractivity contribution >= 4 is 28.3 Å². The fourth-order valence-corrected chi connectivity index (χ4v) is 5.89. The van der Waals surface area contributed by atoms with E-state index in [1.165, 1.54) is 10.4 Å². The van der Waals surface area contributed by atoms with Crippen LogP contribution in [-0.4, -0.2) is 47.5 Å². The topological polar surface area (TPSA) is 92.6 Å². The van der Waals surface area contributed by atoms with Gasteiger partial charge in [-0.05, 0) is 60.2 Å². The number of nitrogens with zero attached hydrogens (tertiary/aromatic N) is 6. The third kappa shape index (κ3) is 2.61. The molecule has 1 atom stereocenters. The van der Waals surface area contributed by atoms with E-state index in [0.717, 1.165) is 66.1 Å². The second kappa shape index (κ2) is 6.48. The number of benzene rings is 1. The zero-order chi connectivity index (χ0) is 19.4. The highest BCUT2D eigenvalue weighted by molar-refractivity contribution is 7.15. The standard InChI is InChI=1S/C20H19N7OS/c28-19(17-12-5-3-9-16(12)29-20(17)27-11-21-24-25-27)26-10-4-8-15(26)18-22-13-6-1-2-7-14(13)23-18/h1-2,6-7,11,15H,3-5,8-10H2,(H,22,23)/t15-/m0/s1. The number of carbonyl (C=O) groups excluding carboxylic acids is 1. The SMILES string of the molecule is O=C(c1c(-n2cnnn2)sc2c1CCC2)N1CCC[C@H]1c1nc2ccccc2[nH]1. The molecule has 0 bridgehead atoms. The molecule has 8 nitrogen and oxygen atoms in total. The molecular formula is C20H19N7OS. The fourth-order valence-electron chi connectivity index (χ4n) is 4.59. The van der Waals surface area contributed by atoms with Gasteiger partial charge in [0.25, 0.3) is 5.91 Å². The average molecular weight is 405 g/mol. The van der Waals surface area contributed by atoms with Gasteiger partial charge >= 0.3 is 0 Å². The van der Waals surface area contributed by atoms with Crippen molar-refractivity contribution in [3.05, 3.63) is 52.4 Å². The first-order valence-corrected chi connectivity index (χ1v) is 10.7. The Morgan fingerprint density at radius 2 is 2.14 bits per heavy atom. The van der Waals surface area contributed by atoms with Crippen LogP contribution in [0.15, 0.2) is 30.6 Å². The largest absolute Gasteiger partial charge is 0.340 e. The van der Waals surface area contributed by atoms with E-state index in [-0.39, 0.29) is 11.9 Å². The molecule has 1 fully saturated rings. The molecule has 4 aromatic rings. The normalized spacial score (nSPS) is 18.6. The summed E-state index contributed by atoms with van der Waals surface area (Å²) in [5.41, 5.74) is 3.90. The number of aromatic amines is 1. The highest BCUT2D eigenvalue weighted by Gasteiger charge is 2.37. The molecule has 1 aliphatic carbocycles. The summed E-state index contributed by atoms with van der Waals surface area (Å²) in [6.45, 7) is 0.736. The summed E-state index contributed by atoms with van der Waals surface area (Å²) in [7, 11) is 0. The Labute approximate surface area is 170 Å². The van der Waals surface area contributed by atoms with E-state index in [1.54, 1.807) is 22.3 Å². The van der Waals surface area contributed by atoms with Gasteiger partial charge in [-0.2, -0.15) is 4.68 Å². The number of fused-ring (bicyclic) bond motifs is 2. The van der Waals surface area contributed by atoms with Gasteiger partial charge in [0.1, 0.15) is 17.2 Å². The molecule has 29 heavy (non-hydrogen) atoms. The molecule has 1 saturated heterocycles. The molecule has 0 unspecified atom stereocenters. The predicted molar refractivity (Wildman–Crippen MR) is 108 cm³/mol. The van der Waals surface area contributed by atoms with E-state index >= 15 is 0 Å². The number of para-hydroxylation sites is 2. The number of aryl methyl sites for hydroxylation is 1. The third-order valence-corrected chi connectivity index (χ3v) is 7.19.